The van der Waals surface area contributed by atoms with Crippen LogP contribution in [-0.2, 0) is 9.53 Å². The maximum absolute atomic E-state index is 12.8. The first-order chi connectivity index (χ1) is 14.0. The number of carbonyl (C=O) groups excluding carboxylic acids is 1. The Labute approximate surface area is 172 Å². The van der Waals surface area contributed by atoms with Gasteiger partial charge in [-0.2, -0.15) is 5.26 Å². The van der Waals surface area contributed by atoms with Crippen LogP contribution in [0.5, 0.6) is 5.75 Å². The lowest BCUT2D eigenvalue weighted by Crippen LogP contribution is -2.38. The number of rotatable bonds is 3. The van der Waals surface area contributed by atoms with Gasteiger partial charge < -0.3 is 15.2 Å². The molecule has 0 bridgehead atoms. The molecule has 0 saturated carbocycles. The second-order valence-corrected chi connectivity index (χ2v) is 7.47. The number of methoxy groups -OCH3 is 2. The maximum Gasteiger partial charge on any atom is 0.338 e. The molecule has 7 nitrogen and oxygen atoms in total. The SMILES string of the molecule is COC(=O)C1=C(C)N=C2SC(C#N)=C(N)N2[C@@H]1c1c(OC)ccc2ccccc12. The van der Waals surface area contributed by atoms with Crippen molar-refractivity contribution < 1.29 is 14.3 Å². The van der Waals surface area contributed by atoms with Crippen LogP contribution < -0.4 is 10.5 Å². The van der Waals surface area contributed by atoms with Crippen LogP contribution in [0.2, 0.25) is 0 Å². The van der Waals surface area contributed by atoms with Crippen LogP contribution >= 0.6 is 11.8 Å². The first-order valence-electron chi connectivity index (χ1n) is 8.82. The first kappa shape index (κ1) is 18.9. The molecule has 0 spiro atoms. The summed E-state index contributed by atoms with van der Waals surface area (Å²) in [5, 5.41) is 11.9. The number of benzene rings is 2. The molecule has 0 amide bonds. The van der Waals surface area contributed by atoms with Gasteiger partial charge in [0.15, 0.2) is 5.17 Å². The zero-order valence-electron chi connectivity index (χ0n) is 16.1. The number of carbonyl (C=O) groups is 1. The number of aliphatic imine (C=N–C) groups is 1. The Morgan fingerprint density at radius 3 is 2.72 bits per heavy atom. The van der Waals surface area contributed by atoms with Gasteiger partial charge in [0, 0.05) is 5.56 Å². The van der Waals surface area contributed by atoms with E-state index in [0.29, 0.717) is 27.1 Å². The van der Waals surface area contributed by atoms with E-state index in [9.17, 15) is 10.1 Å². The molecule has 4 rings (SSSR count). The number of nitrogens with zero attached hydrogens (tertiary/aromatic N) is 3. The molecule has 0 radical (unpaired) electrons. The van der Waals surface area contributed by atoms with Crippen LogP contribution in [0.4, 0.5) is 0 Å². The molecule has 2 aliphatic heterocycles. The molecule has 2 aliphatic rings. The lowest BCUT2D eigenvalue weighted by molar-refractivity contribution is -0.136. The van der Waals surface area contributed by atoms with Crippen LogP contribution in [-0.4, -0.2) is 30.3 Å². The van der Waals surface area contributed by atoms with Crippen molar-refractivity contribution in [1.82, 2.24) is 4.90 Å². The molecular weight excluding hydrogens is 388 g/mol. The highest BCUT2D eigenvalue weighted by Crippen LogP contribution is 2.49. The van der Waals surface area contributed by atoms with Crippen molar-refractivity contribution >= 4 is 33.7 Å². The minimum Gasteiger partial charge on any atom is -0.496 e. The van der Waals surface area contributed by atoms with Crippen molar-refractivity contribution in [3.63, 3.8) is 0 Å². The van der Waals surface area contributed by atoms with Gasteiger partial charge in [-0.1, -0.05) is 30.3 Å². The third kappa shape index (κ3) is 2.82. The van der Waals surface area contributed by atoms with Gasteiger partial charge in [0.2, 0.25) is 0 Å². The summed E-state index contributed by atoms with van der Waals surface area (Å²) in [6.07, 6.45) is 0. The third-order valence-electron chi connectivity index (χ3n) is 5.01. The Morgan fingerprint density at radius 1 is 1.28 bits per heavy atom. The molecule has 0 aromatic heterocycles. The van der Waals surface area contributed by atoms with Gasteiger partial charge in [-0.05, 0) is 35.5 Å². The minimum atomic E-state index is -0.644. The number of allylic oxidation sites excluding steroid dienone is 2. The van der Waals surface area contributed by atoms with E-state index in [1.807, 2.05) is 36.4 Å². The monoisotopic (exact) mass is 406 g/mol. The quantitative estimate of drug-likeness (QED) is 0.780. The predicted molar refractivity (Wildman–Crippen MR) is 112 cm³/mol. The van der Waals surface area contributed by atoms with Gasteiger partial charge in [-0.15, -0.1) is 0 Å². The van der Waals surface area contributed by atoms with Gasteiger partial charge in [0.05, 0.1) is 25.5 Å². The van der Waals surface area contributed by atoms with Crippen LogP contribution in [0.3, 0.4) is 0 Å². The number of hydrogen-bond donors (Lipinski definition) is 1. The summed E-state index contributed by atoms with van der Waals surface area (Å²) in [5.74, 6) is 0.353. The smallest absolute Gasteiger partial charge is 0.338 e. The Hall–Kier alpha value is -3.44. The highest BCUT2D eigenvalue weighted by Gasteiger charge is 2.44. The summed E-state index contributed by atoms with van der Waals surface area (Å²) in [7, 11) is 2.91. The van der Waals surface area contributed by atoms with E-state index in [1.165, 1.54) is 18.9 Å². The normalized spacial score (nSPS) is 18.5. The average molecular weight is 406 g/mol. The lowest BCUT2D eigenvalue weighted by atomic mass is 9.89. The zero-order valence-corrected chi connectivity index (χ0v) is 16.9. The van der Waals surface area contributed by atoms with Gasteiger partial charge in [0.1, 0.15) is 28.6 Å². The number of esters is 1. The number of nitrogens with two attached hydrogens (primary N) is 1. The Morgan fingerprint density at radius 2 is 2.03 bits per heavy atom. The van der Waals surface area contributed by atoms with E-state index in [0.717, 1.165) is 16.3 Å². The second-order valence-electron chi connectivity index (χ2n) is 6.49. The number of fused-ring (bicyclic) bond motifs is 2. The minimum absolute atomic E-state index is 0.255. The van der Waals surface area contributed by atoms with Crippen LogP contribution in [0.15, 0.2) is 63.4 Å². The van der Waals surface area contributed by atoms with Crippen molar-refractivity contribution in [2.45, 2.75) is 13.0 Å². The number of thioether (sulfide) groups is 1. The number of ether oxygens (including phenoxy) is 2. The summed E-state index contributed by atoms with van der Waals surface area (Å²) in [4.78, 5) is 19.4. The highest BCUT2D eigenvalue weighted by molar-refractivity contribution is 8.17. The summed E-state index contributed by atoms with van der Waals surface area (Å²) in [5.41, 5.74) is 7.96. The van der Waals surface area contributed by atoms with Crippen molar-refractivity contribution in [3.8, 4) is 11.8 Å². The second kappa shape index (κ2) is 7.18. The molecule has 8 heteroatoms. The fourth-order valence-corrected chi connectivity index (χ4v) is 4.64. The molecule has 29 heavy (non-hydrogen) atoms. The van der Waals surface area contributed by atoms with E-state index in [1.54, 1.807) is 18.9 Å². The first-order valence-corrected chi connectivity index (χ1v) is 9.63. The summed E-state index contributed by atoms with van der Waals surface area (Å²) < 4.78 is 10.7. The van der Waals surface area contributed by atoms with Crippen molar-refractivity contribution in [3.05, 3.63) is 64.0 Å². The third-order valence-corrected chi connectivity index (χ3v) is 5.98. The number of hydrogen-bond acceptors (Lipinski definition) is 8. The Kier molecular flexibility index (Phi) is 4.68. The Bertz CT molecular complexity index is 1180. The van der Waals surface area contributed by atoms with E-state index in [-0.39, 0.29) is 5.82 Å². The molecule has 0 fully saturated rings. The fourth-order valence-electron chi connectivity index (χ4n) is 3.72. The van der Waals surface area contributed by atoms with Crippen LogP contribution in [0.25, 0.3) is 10.8 Å². The van der Waals surface area contributed by atoms with Gasteiger partial charge in [0.25, 0.3) is 0 Å². The zero-order chi connectivity index (χ0) is 20.7. The topological polar surface area (TPSA) is 101 Å². The van der Waals surface area contributed by atoms with E-state index in [4.69, 9.17) is 15.2 Å². The van der Waals surface area contributed by atoms with Crippen LogP contribution in [0, 0.1) is 11.3 Å². The molecule has 2 aromatic rings. The maximum atomic E-state index is 12.8. The highest BCUT2D eigenvalue weighted by atomic mass is 32.2. The molecule has 2 aromatic carbocycles. The van der Waals surface area contributed by atoms with E-state index >= 15 is 0 Å². The summed E-state index contributed by atoms with van der Waals surface area (Å²) >= 11 is 1.19. The molecule has 1 atom stereocenters. The Balaban J connectivity index is 2.08. The lowest BCUT2D eigenvalue weighted by Gasteiger charge is -2.35. The summed E-state index contributed by atoms with van der Waals surface area (Å²) in [6, 6.07) is 13.1. The number of amidine groups is 1. The van der Waals surface area contributed by atoms with Crippen LogP contribution in [0.1, 0.15) is 18.5 Å². The van der Waals surface area contributed by atoms with Crippen molar-refractivity contribution in [2.24, 2.45) is 10.7 Å². The molecule has 146 valence electrons. The molecule has 0 unspecified atom stereocenters. The molecule has 0 saturated heterocycles. The average Bonchev–Trinajstić information content (AvgIpc) is 3.06. The molecule has 2 N–H and O–H groups in total. The standard InChI is InChI=1S/C21H18N4O3S/c1-11-16(20(26)28-3)18(25-19(23)15(10-22)29-21(25)24-11)17-13-7-5-4-6-12(13)8-9-14(17)27-2/h4-9,18H,23H2,1-3H3/t18-/m0/s1. The largest absolute Gasteiger partial charge is 0.496 e. The van der Waals surface area contributed by atoms with Crippen molar-refractivity contribution in [1.29, 1.82) is 5.26 Å². The van der Waals surface area contributed by atoms with Gasteiger partial charge in [-0.25, -0.2) is 9.79 Å². The molecule has 0 aliphatic carbocycles. The van der Waals surface area contributed by atoms with E-state index in [2.05, 4.69) is 11.1 Å². The van der Waals surface area contributed by atoms with Gasteiger partial charge >= 0.3 is 5.97 Å². The van der Waals surface area contributed by atoms with Crippen molar-refractivity contribution in [2.75, 3.05) is 14.2 Å². The molecular formula is C21H18N4O3S. The van der Waals surface area contributed by atoms with Gasteiger partial charge in [-0.3, -0.25) is 4.90 Å². The van der Waals surface area contributed by atoms with E-state index < -0.39 is 12.0 Å². The fraction of sp³-hybridized carbons (Fsp3) is 0.190. The number of nitriles is 1. The predicted octanol–water partition coefficient (Wildman–Crippen LogP) is 3.41. The summed E-state index contributed by atoms with van der Waals surface area (Å²) in [6.45, 7) is 1.75. The molecule has 2 heterocycles.